The summed E-state index contributed by atoms with van der Waals surface area (Å²) in [5.74, 6) is 0.304. The summed E-state index contributed by atoms with van der Waals surface area (Å²) < 4.78 is 18.9. The van der Waals surface area contributed by atoms with Gasteiger partial charge in [-0.05, 0) is 26.5 Å². The Balaban J connectivity index is 2.89. The first-order chi connectivity index (χ1) is 8.44. The minimum Gasteiger partial charge on any atom is -0.497 e. The second-order valence-corrected chi connectivity index (χ2v) is 4.99. The average Bonchev–Trinajstić information content (AvgIpc) is 2.36. The molecule has 102 valence electrons. The number of rotatable bonds is 6. The molecule has 0 bridgehead atoms. The van der Waals surface area contributed by atoms with Crippen LogP contribution in [0.3, 0.4) is 0 Å². The molecular formula is C14H23FN2O. The second-order valence-electron chi connectivity index (χ2n) is 4.99. The highest BCUT2D eigenvalue weighted by Gasteiger charge is 2.24. The van der Waals surface area contributed by atoms with Crippen LogP contribution in [0, 0.1) is 5.82 Å². The molecule has 2 N–H and O–H groups in total. The van der Waals surface area contributed by atoms with E-state index in [1.165, 1.54) is 13.2 Å². The van der Waals surface area contributed by atoms with E-state index in [1.54, 1.807) is 12.1 Å². The van der Waals surface area contributed by atoms with Crippen molar-refractivity contribution in [3.8, 4) is 5.75 Å². The van der Waals surface area contributed by atoms with Crippen molar-refractivity contribution in [2.45, 2.75) is 32.9 Å². The van der Waals surface area contributed by atoms with Crippen molar-refractivity contribution in [2.75, 3.05) is 20.2 Å². The molecule has 0 saturated carbocycles. The maximum absolute atomic E-state index is 13.9. The quantitative estimate of drug-likeness (QED) is 0.847. The fourth-order valence-electron chi connectivity index (χ4n) is 1.87. The van der Waals surface area contributed by atoms with E-state index >= 15 is 0 Å². The van der Waals surface area contributed by atoms with Crippen LogP contribution >= 0.6 is 0 Å². The summed E-state index contributed by atoms with van der Waals surface area (Å²) in [5.41, 5.74) is 6.29. The van der Waals surface area contributed by atoms with E-state index in [2.05, 4.69) is 25.7 Å². The maximum Gasteiger partial charge on any atom is 0.131 e. The van der Waals surface area contributed by atoms with E-state index in [1.807, 2.05) is 0 Å². The standard InChI is InChI=1S/C14H23FN2O/c1-5-17(14(2,3)10-16)9-11-6-7-12(18-4)8-13(11)15/h6-8H,5,9-10,16H2,1-4H3. The first kappa shape index (κ1) is 14.9. The van der Waals surface area contributed by atoms with Gasteiger partial charge in [0.1, 0.15) is 11.6 Å². The molecule has 1 rings (SSSR count). The van der Waals surface area contributed by atoms with Crippen molar-refractivity contribution in [1.82, 2.24) is 4.90 Å². The van der Waals surface area contributed by atoms with Crippen LogP contribution in [0.2, 0.25) is 0 Å². The summed E-state index contributed by atoms with van der Waals surface area (Å²) in [6, 6.07) is 4.96. The Morgan fingerprint density at radius 1 is 1.39 bits per heavy atom. The lowest BCUT2D eigenvalue weighted by Crippen LogP contribution is -2.48. The van der Waals surface area contributed by atoms with Crippen LogP contribution in [0.5, 0.6) is 5.75 Å². The Labute approximate surface area is 109 Å². The highest BCUT2D eigenvalue weighted by Crippen LogP contribution is 2.21. The summed E-state index contributed by atoms with van der Waals surface area (Å²) in [6.45, 7) is 8.11. The lowest BCUT2D eigenvalue weighted by molar-refractivity contribution is 0.124. The number of nitrogens with zero attached hydrogens (tertiary/aromatic N) is 1. The molecule has 0 saturated heterocycles. The Morgan fingerprint density at radius 3 is 2.50 bits per heavy atom. The minimum absolute atomic E-state index is 0.138. The van der Waals surface area contributed by atoms with Crippen LogP contribution in [-0.2, 0) is 6.54 Å². The lowest BCUT2D eigenvalue weighted by Gasteiger charge is -2.37. The largest absolute Gasteiger partial charge is 0.497 e. The number of halogens is 1. The Kier molecular flexibility index (Phi) is 5.11. The molecule has 18 heavy (non-hydrogen) atoms. The Bertz CT molecular complexity index is 393. The molecule has 0 aliphatic heterocycles. The SMILES string of the molecule is CCN(Cc1ccc(OC)cc1F)C(C)(C)CN. The molecule has 0 atom stereocenters. The van der Waals surface area contributed by atoms with Gasteiger partial charge < -0.3 is 10.5 Å². The third-order valence-electron chi connectivity index (χ3n) is 3.36. The van der Waals surface area contributed by atoms with Crippen molar-refractivity contribution < 1.29 is 9.13 Å². The third-order valence-corrected chi connectivity index (χ3v) is 3.36. The highest BCUT2D eigenvalue weighted by molar-refractivity contribution is 5.29. The smallest absolute Gasteiger partial charge is 0.131 e. The molecule has 0 unspecified atom stereocenters. The fraction of sp³-hybridized carbons (Fsp3) is 0.571. The van der Waals surface area contributed by atoms with Gasteiger partial charge in [0.15, 0.2) is 0 Å². The first-order valence-corrected chi connectivity index (χ1v) is 6.22. The van der Waals surface area contributed by atoms with Crippen LogP contribution in [0.15, 0.2) is 18.2 Å². The minimum atomic E-state index is -0.236. The fourth-order valence-corrected chi connectivity index (χ4v) is 1.87. The molecule has 0 aliphatic rings. The molecule has 0 aliphatic carbocycles. The van der Waals surface area contributed by atoms with E-state index in [-0.39, 0.29) is 11.4 Å². The van der Waals surface area contributed by atoms with E-state index in [9.17, 15) is 4.39 Å². The molecule has 0 heterocycles. The Morgan fingerprint density at radius 2 is 2.06 bits per heavy atom. The summed E-state index contributed by atoms with van der Waals surface area (Å²) in [5, 5.41) is 0. The number of hydrogen-bond acceptors (Lipinski definition) is 3. The van der Waals surface area contributed by atoms with Gasteiger partial charge in [-0.25, -0.2) is 4.39 Å². The zero-order chi connectivity index (χ0) is 13.8. The predicted octanol–water partition coefficient (Wildman–Crippen LogP) is 2.39. The Hall–Kier alpha value is -1.13. The third kappa shape index (κ3) is 3.43. The second kappa shape index (κ2) is 6.16. The van der Waals surface area contributed by atoms with Gasteiger partial charge in [0, 0.05) is 30.3 Å². The maximum atomic E-state index is 13.9. The summed E-state index contributed by atoms with van der Waals surface area (Å²) >= 11 is 0. The average molecular weight is 254 g/mol. The molecular weight excluding hydrogens is 231 g/mol. The predicted molar refractivity (Wildman–Crippen MR) is 72.2 cm³/mol. The van der Waals surface area contributed by atoms with Crippen molar-refractivity contribution in [2.24, 2.45) is 5.73 Å². The normalized spacial score (nSPS) is 11.9. The van der Waals surface area contributed by atoms with E-state index in [0.29, 0.717) is 24.4 Å². The van der Waals surface area contributed by atoms with Gasteiger partial charge >= 0.3 is 0 Å². The number of likely N-dealkylation sites (N-methyl/N-ethyl adjacent to an activating group) is 1. The summed E-state index contributed by atoms with van der Waals surface area (Å²) in [6.07, 6.45) is 0. The topological polar surface area (TPSA) is 38.5 Å². The van der Waals surface area contributed by atoms with Crippen LogP contribution in [0.25, 0.3) is 0 Å². The summed E-state index contributed by atoms with van der Waals surface area (Å²) in [4.78, 5) is 2.16. The molecule has 1 aromatic rings. The molecule has 3 nitrogen and oxygen atoms in total. The molecule has 4 heteroatoms. The number of methoxy groups -OCH3 is 1. The highest BCUT2D eigenvalue weighted by atomic mass is 19.1. The number of nitrogens with two attached hydrogens (primary N) is 1. The van der Waals surface area contributed by atoms with Crippen molar-refractivity contribution in [3.05, 3.63) is 29.6 Å². The van der Waals surface area contributed by atoms with E-state index in [0.717, 1.165) is 6.54 Å². The zero-order valence-corrected chi connectivity index (χ0v) is 11.7. The monoisotopic (exact) mass is 254 g/mol. The van der Waals surface area contributed by atoms with Gasteiger partial charge in [-0.3, -0.25) is 4.90 Å². The van der Waals surface area contributed by atoms with Crippen LogP contribution in [0.1, 0.15) is 26.3 Å². The van der Waals surface area contributed by atoms with Gasteiger partial charge in [0.05, 0.1) is 7.11 Å². The zero-order valence-electron chi connectivity index (χ0n) is 11.7. The van der Waals surface area contributed by atoms with Gasteiger partial charge in [-0.15, -0.1) is 0 Å². The van der Waals surface area contributed by atoms with Crippen LogP contribution in [-0.4, -0.2) is 30.6 Å². The van der Waals surface area contributed by atoms with Crippen molar-refractivity contribution in [3.63, 3.8) is 0 Å². The van der Waals surface area contributed by atoms with Crippen LogP contribution < -0.4 is 10.5 Å². The van der Waals surface area contributed by atoms with Gasteiger partial charge in [0.2, 0.25) is 0 Å². The lowest BCUT2D eigenvalue weighted by atomic mass is 10.0. The van der Waals surface area contributed by atoms with E-state index < -0.39 is 0 Å². The van der Waals surface area contributed by atoms with Crippen LogP contribution in [0.4, 0.5) is 4.39 Å². The number of benzene rings is 1. The molecule has 0 spiro atoms. The van der Waals surface area contributed by atoms with Gasteiger partial charge in [-0.2, -0.15) is 0 Å². The molecule has 0 aromatic heterocycles. The number of ether oxygens (including phenoxy) is 1. The van der Waals surface area contributed by atoms with E-state index in [4.69, 9.17) is 10.5 Å². The molecule has 1 aromatic carbocycles. The first-order valence-electron chi connectivity index (χ1n) is 6.22. The van der Waals surface area contributed by atoms with Gasteiger partial charge in [0.25, 0.3) is 0 Å². The molecule has 0 amide bonds. The number of hydrogen-bond donors (Lipinski definition) is 1. The van der Waals surface area contributed by atoms with Crippen molar-refractivity contribution >= 4 is 0 Å². The summed E-state index contributed by atoms with van der Waals surface area (Å²) in [7, 11) is 1.53. The molecule has 0 fully saturated rings. The molecule has 0 radical (unpaired) electrons. The van der Waals surface area contributed by atoms with Gasteiger partial charge in [-0.1, -0.05) is 13.0 Å². The van der Waals surface area contributed by atoms with Crippen molar-refractivity contribution in [1.29, 1.82) is 0 Å².